The third-order valence-electron chi connectivity index (χ3n) is 4.25. The van der Waals surface area contributed by atoms with Gasteiger partial charge in [0.2, 0.25) is 5.91 Å². The summed E-state index contributed by atoms with van der Waals surface area (Å²) < 4.78 is 0. The molecule has 20 heavy (non-hydrogen) atoms. The lowest BCUT2D eigenvalue weighted by atomic mass is 9.98. The fourth-order valence-electron chi connectivity index (χ4n) is 2.47. The highest BCUT2D eigenvalue weighted by atomic mass is 16.2. The van der Waals surface area contributed by atoms with E-state index in [1.165, 1.54) is 11.1 Å². The van der Waals surface area contributed by atoms with Crippen molar-refractivity contribution < 1.29 is 4.79 Å². The Morgan fingerprint density at radius 1 is 1.45 bits per heavy atom. The van der Waals surface area contributed by atoms with Crippen molar-refractivity contribution in [2.75, 3.05) is 0 Å². The second-order valence-corrected chi connectivity index (χ2v) is 6.10. The van der Waals surface area contributed by atoms with E-state index in [4.69, 9.17) is 5.73 Å². The Balaban J connectivity index is 2.09. The predicted molar refractivity (Wildman–Crippen MR) is 82.2 cm³/mol. The molecule has 0 saturated heterocycles. The zero-order valence-electron chi connectivity index (χ0n) is 12.8. The minimum atomic E-state index is -0.370. The Labute approximate surface area is 122 Å². The summed E-state index contributed by atoms with van der Waals surface area (Å²) >= 11 is 0. The molecular weight excluding hydrogens is 248 g/mol. The molecule has 0 spiro atoms. The van der Waals surface area contributed by atoms with Crippen LogP contribution >= 0.6 is 0 Å². The second kappa shape index (κ2) is 6.40. The van der Waals surface area contributed by atoms with E-state index in [2.05, 4.69) is 45.0 Å². The SMILES string of the molecule is CCC(C)C(N)C(=O)N(Cc1cccc(C)c1)C1CC1. The van der Waals surface area contributed by atoms with Crippen molar-refractivity contribution in [1.29, 1.82) is 0 Å². The molecule has 2 rings (SSSR count). The van der Waals surface area contributed by atoms with E-state index >= 15 is 0 Å². The van der Waals surface area contributed by atoms with E-state index in [0.717, 1.165) is 19.3 Å². The Kier molecular flexibility index (Phi) is 4.81. The molecule has 1 aliphatic carbocycles. The Morgan fingerprint density at radius 2 is 2.15 bits per heavy atom. The van der Waals surface area contributed by atoms with E-state index in [-0.39, 0.29) is 17.9 Å². The van der Waals surface area contributed by atoms with Crippen LogP contribution in [0, 0.1) is 12.8 Å². The molecule has 0 aromatic heterocycles. The lowest BCUT2D eigenvalue weighted by Gasteiger charge is -2.28. The number of hydrogen-bond donors (Lipinski definition) is 1. The van der Waals surface area contributed by atoms with Crippen molar-refractivity contribution in [3.8, 4) is 0 Å². The first-order valence-electron chi connectivity index (χ1n) is 7.64. The lowest BCUT2D eigenvalue weighted by molar-refractivity contribution is -0.135. The lowest BCUT2D eigenvalue weighted by Crippen LogP contribution is -2.47. The molecule has 0 radical (unpaired) electrons. The van der Waals surface area contributed by atoms with Gasteiger partial charge in [0.15, 0.2) is 0 Å². The first-order valence-corrected chi connectivity index (χ1v) is 7.64. The molecule has 1 aromatic carbocycles. The number of carbonyl (C=O) groups is 1. The van der Waals surface area contributed by atoms with Crippen LogP contribution in [-0.2, 0) is 11.3 Å². The number of aryl methyl sites for hydroxylation is 1. The summed E-state index contributed by atoms with van der Waals surface area (Å²) in [5, 5.41) is 0. The molecule has 2 unspecified atom stereocenters. The van der Waals surface area contributed by atoms with Crippen molar-refractivity contribution in [2.24, 2.45) is 11.7 Å². The normalized spacial score (nSPS) is 17.6. The number of carbonyl (C=O) groups excluding carboxylic acids is 1. The summed E-state index contributed by atoms with van der Waals surface area (Å²) in [5.74, 6) is 0.351. The second-order valence-electron chi connectivity index (χ2n) is 6.10. The molecule has 1 aliphatic rings. The Bertz CT molecular complexity index is 468. The summed E-state index contributed by atoms with van der Waals surface area (Å²) in [7, 11) is 0. The van der Waals surface area contributed by atoms with E-state index in [9.17, 15) is 4.79 Å². The van der Waals surface area contributed by atoms with Gasteiger partial charge in [0.05, 0.1) is 6.04 Å². The van der Waals surface area contributed by atoms with Gasteiger partial charge in [-0.1, -0.05) is 50.1 Å². The maximum absolute atomic E-state index is 12.6. The van der Waals surface area contributed by atoms with Crippen LogP contribution in [0.15, 0.2) is 24.3 Å². The smallest absolute Gasteiger partial charge is 0.240 e. The highest BCUT2D eigenvalue weighted by Gasteiger charge is 2.35. The molecule has 1 fully saturated rings. The highest BCUT2D eigenvalue weighted by molar-refractivity contribution is 5.82. The van der Waals surface area contributed by atoms with E-state index in [0.29, 0.717) is 12.6 Å². The summed E-state index contributed by atoms with van der Waals surface area (Å²) in [4.78, 5) is 14.6. The third kappa shape index (κ3) is 3.60. The molecule has 0 heterocycles. The van der Waals surface area contributed by atoms with Crippen LogP contribution in [0.25, 0.3) is 0 Å². The molecule has 1 amide bonds. The average Bonchev–Trinajstić information content (AvgIpc) is 3.27. The molecule has 3 nitrogen and oxygen atoms in total. The number of nitrogens with two attached hydrogens (primary N) is 1. The van der Waals surface area contributed by atoms with Gasteiger partial charge in [-0.25, -0.2) is 0 Å². The maximum atomic E-state index is 12.6. The first-order chi connectivity index (χ1) is 9.52. The van der Waals surface area contributed by atoms with Crippen LogP contribution in [0.5, 0.6) is 0 Å². The zero-order chi connectivity index (χ0) is 14.7. The molecule has 0 aliphatic heterocycles. The van der Waals surface area contributed by atoms with Crippen LogP contribution in [0.1, 0.15) is 44.2 Å². The van der Waals surface area contributed by atoms with Crippen LogP contribution in [-0.4, -0.2) is 22.9 Å². The summed E-state index contributed by atoms with van der Waals surface area (Å²) in [6.07, 6.45) is 3.17. The van der Waals surface area contributed by atoms with Gasteiger partial charge in [-0.05, 0) is 31.2 Å². The molecule has 2 atom stereocenters. The zero-order valence-corrected chi connectivity index (χ0v) is 12.8. The van der Waals surface area contributed by atoms with Crippen molar-refractivity contribution in [1.82, 2.24) is 4.90 Å². The quantitative estimate of drug-likeness (QED) is 0.867. The van der Waals surface area contributed by atoms with Gasteiger partial charge in [0, 0.05) is 12.6 Å². The van der Waals surface area contributed by atoms with Crippen molar-refractivity contribution in [3.05, 3.63) is 35.4 Å². The molecule has 3 heteroatoms. The number of nitrogens with zero attached hydrogens (tertiary/aromatic N) is 1. The number of rotatable bonds is 6. The van der Waals surface area contributed by atoms with E-state index < -0.39 is 0 Å². The standard InChI is InChI=1S/C17H26N2O/c1-4-13(3)16(18)17(20)19(15-8-9-15)11-14-7-5-6-12(2)10-14/h5-7,10,13,15-16H,4,8-9,11,18H2,1-3H3. The maximum Gasteiger partial charge on any atom is 0.240 e. The van der Waals surface area contributed by atoms with Crippen molar-refractivity contribution >= 4 is 5.91 Å². The van der Waals surface area contributed by atoms with Gasteiger partial charge in [-0.2, -0.15) is 0 Å². The van der Waals surface area contributed by atoms with Gasteiger partial charge < -0.3 is 10.6 Å². The third-order valence-corrected chi connectivity index (χ3v) is 4.25. The molecule has 0 bridgehead atoms. The highest BCUT2D eigenvalue weighted by Crippen LogP contribution is 2.29. The monoisotopic (exact) mass is 274 g/mol. The van der Waals surface area contributed by atoms with Crippen LogP contribution in [0.3, 0.4) is 0 Å². The summed E-state index contributed by atoms with van der Waals surface area (Å²) in [6, 6.07) is 8.40. The van der Waals surface area contributed by atoms with Crippen LogP contribution < -0.4 is 5.73 Å². The molecule has 110 valence electrons. The fraction of sp³-hybridized carbons (Fsp3) is 0.588. The first kappa shape index (κ1) is 15.0. The number of amides is 1. The van der Waals surface area contributed by atoms with Crippen LogP contribution in [0.2, 0.25) is 0 Å². The van der Waals surface area contributed by atoms with Gasteiger partial charge in [-0.3, -0.25) is 4.79 Å². The fourth-order valence-corrected chi connectivity index (χ4v) is 2.47. The van der Waals surface area contributed by atoms with Gasteiger partial charge >= 0.3 is 0 Å². The molecule has 2 N–H and O–H groups in total. The Hall–Kier alpha value is -1.35. The van der Waals surface area contributed by atoms with E-state index in [1.54, 1.807) is 0 Å². The van der Waals surface area contributed by atoms with Gasteiger partial charge in [0.1, 0.15) is 0 Å². The molecular formula is C17H26N2O. The van der Waals surface area contributed by atoms with Crippen molar-refractivity contribution in [2.45, 2.75) is 58.7 Å². The minimum absolute atomic E-state index is 0.114. The van der Waals surface area contributed by atoms with Crippen LogP contribution in [0.4, 0.5) is 0 Å². The topological polar surface area (TPSA) is 46.3 Å². The summed E-state index contributed by atoms with van der Waals surface area (Å²) in [6.45, 7) is 6.91. The largest absolute Gasteiger partial charge is 0.334 e. The summed E-state index contributed by atoms with van der Waals surface area (Å²) in [5.41, 5.74) is 8.56. The van der Waals surface area contributed by atoms with E-state index in [1.807, 2.05) is 4.90 Å². The predicted octanol–water partition coefficient (Wildman–Crippen LogP) is 2.86. The minimum Gasteiger partial charge on any atom is -0.334 e. The average molecular weight is 274 g/mol. The Morgan fingerprint density at radius 3 is 2.70 bits per heavy atom. The van der Waals surface area contributed by atoms with Gasteiger partial charge in [0.25, 0.3) is 0 Å². The number of benzene rings is 1. The van der Waals surface area contributed by atoms with Gasteiger partial charge in [-0.15, -0.1) is 0 Å². The molecule has 1 aromatic rings. The molecule has 1 saturated carbocycles. The number of hydrogen-bond acceptors (Lipinski definition) is 2. The van der Waals surface area contributed by atoms with Crippen molar-refractivity contribution in [3.63, 3.8) is 0 Å².